The Bertz CT molecular complexity index is 1200. The molecule has 0 radical (unpaired) electrons. The van der Waals surface area contributed by atoms with Crippen LogP contribution in [0.25, 0.3) is 0 Å². The number of hydrogen-bond donors (Lipinski definition) is 3. The highest BCUT2D eigenvalue weighted by molar-refractivity contribution is 7.92. The molecule has 0 saturated carbocycles. The van der Waals surface area contributed by atoms with Gasteiger partial charge < -0.3 is 14.8 Å². The molecule has 0 aliphatic carbocycles. The molecule has 1 heterocycles. The molecule has 3 rings (SSSR count). The molecule has 8 nitrogen and oxygen atoms in total. The summed E-state index contributed by atoms with van der Waals surface area (Å²) in [5.74, 6) is -1.16. The molecule has 0 atom stereocenters. The lowest BCUT2D eigenvalue weighted by molar-refractivity contribution is 0.0696. The highest BCUT2D eigenvalue weighted by atomic mass is 32.2. The molecule has 3 aromatic rings. The van der Waals surface area contributed by atoms with E-state index in [1.54, 1.807) is 38.1 Å². The Morgan fingerprint density at radius 2 is 1.80 bits per heavy atom. The maximum Gasteiger partial charge on any atom is 0.335 e. The number of rotatable bonds is 7. The molecule has 0 bridgehead atoms. The van der Waals surface area contributed by atoms with Gasteiger partial charge in [0.05, 0.1) is 34.5 Å². The number of aromatic carboxylic acids is 1. The van der Waals surface area contributed by atoms with Gasteiger partial charge in [0, 0.05) is 0 Å². The summed E-state index contributed by atoms with van der Waals surface area (Å²) in [6, 6.07) is 12.1. The molecule has 0 saturated heterocycles. The third kappa shape index (κ3) is 4.52. The van der Waals surface area contributed by atoms with Crippen LogP contribution in [0.5, 0.6) is 0 Å². The number of furan rings is 1. The first-order chi connectivity index (χ1) is 14.2. The molecule has 1 aromatic heterocycles. The second-order valence-electron chi connectivity index (χ2n) is 6.63. The van der Waals surface area contributed by atoms with Gasteiger partial charge in [-0.25, -0.2) is 13.2 Å². The van der Waals surface area contributed by atoms with Crippen molar-refractivity contribution in [3.05, 3.63) is 82.8 Å². The van der Waals surface area contributed by atoms with Crippen molar-refractivity contribution in [2.24, 2.45) is 0 Å². The quantitative estimate of drug-likeness (QED) is 0.530. The first-order valence-corrected chi connectivity index (χ1v) is 10.4. The molecule has 0 aliphatic rings. The van der Waals surface area contributed by atoms with Crippen LogP contribution in [0.4, 0.5) is 5.69 Å². The molecule has 0 fully saturated rings. The van der Waals surface area contributed by atoms with E-state index in [-0.39, 0.29) is 28.3 Å². The maximum atomic E-state index is 13.0. The van der Waals surface area contributed by atoms with E-state index in [0.717, 1.165) is 6.07 Å². The first-order valence-electron chi connectivity index (χ1n) is 8.96. The summed E-state index contributed by atoms with van der Waals surface area (Å²) in [6.45, 7) is 3.38. The van der Waals surface area contributed by atoms with Crippen molar-refractivity contribution in [2.45, 2.75) is 25.3 Å². The molecular weight excluding hydrogens is 408 g/mol. The van der Waals surface area contributed by atoms with Crippen LogP contribution in [-0.2, 0) is 16.6 Å². The van der Waals surface area contributed by atoms with Crippen LogP contribution in [0.15, 0.2) is 64.1 Å². The third-order valence-corrected chi connectivity index (χ3v) is 6.07. The topological polar surface area (TPSA) is 126 Å². The van der Waals surface area contributed by atoms with Crippen molar-refractivity contribution in [2.75, 3.05) is 4.72 Å². The number of carboxylic acid groups (broad SMARTS) is 1. The zero-order valence-corrected chi connectivity index (χ0v) is 17.1. The summed E-state index contributed by atoms with van der Waals surface area (Å²) < 4.78 is 33.6. The lowest BCUT2D eigenvalue weighted by Gasteiger charge is -2.15. The number of nitrogens with one attached hydrogen (secondary N) is 2. The number of para-hydroxylation sites is 1. The molecule has 156 valence electrons. The number of anilines is 1. The number of amides is 1. The number of sulfonamides is 1. The standard InChI is InChI=1S/C21H20N2O6S/c1-13-10-15(21(25)26)11-19(14(13)2)30(27,28)23-18-8-4-3-7-17(18)20(24)22-12-16-6-5-9-29-16/h3-11,23H,12H2,1-2H3,(H,22,24)(H,25,26). The van der Waals surface area contributed by atoms with Gasteiger partial charge in [-0.2, -0.15) is 0 Å². The van der Waals surface area contributed by atoms with Crippen molar-refractivity contribution in [3.8, 4) is 0 Å². The van der Waals surface area contributed by atoms with Gasteiger partial charge in [-0.15, -0.1) is 0 Å². The van der Waals surface area contributed by atoms with Gasteiger partial charge in [-0.1, -0.05) is 12.1 Å². The largest absolute Gasteiger partial charge is 0.478 e. The van der Waals surface area contributed by atoms with E-state index >= 15 is 0 Å². The van der Waals surface area contributed by atoms with Crippen molar-refractivity contribution >= 4 is 27.6 Å². The molecule has 2 aromatic carbocycles. The lowest BCUT2D eigenvalue weighted by atomic mass is 10.1. The SMILES string of the molecule is Cc1cc(C(=O)O)cc(S(=O)(=O)Nc2ccccc2C(=O)NCc2ccco2)c1C. The number of carbonyl (C=O) groups excluding carboxylic acids is 1. The summed E-state index contributed by atoms with van der Waals surface area (Å²) in [5, 5.41) is 11.9. The lowest BCUT2D eigenvalue weighted by Crippen LogP contribution is -2.25. The van der Waals surface area contributed by atoms with Gasteiger partial charge >= 0.3 is 5.97 Å². The normalized spacial score (nSPS) is 11.1. The summed E-state index contributed by atoms with van der Waals surface area (Å²) in [7, 11) is -4.15. The zero-order valence-electron chi connectivity index (χ0n) is 16.3. The third-order valence-electron chi connectivity index (χ3n) is 4.58. The fraction of sp³-hybridized carbons (Fsp3) is 0.143. The second-order valence-corrected chi connectivity index (χ2v) is 8.29. The van der Waals surface area contributed by atoms with Gasteiger partial charge in [0.25, 0.3) is 15.9 Å². The fourth-order valence-electron chi connectivity index (χ4n) is 2.88. The predicted octanol–water partition coefficient (Wildman–Crippen LogP) is 3.33. The van der Waals surface area contributed by atoms with Crippen molar-refractivity contribution in [3.63, 3.8) is 0 Å². The fourth-order valence-corrected chi connectivity index (χ4v) is 4.30. The minimum Gasteiger partial charge on any atom is -0.478 e. The Morgan fingerprint density at radius 1 is 1.07 bits per heavy atom. The molecule has 0 spiro atoms. The highest BCUT2D eigenvalue weighted by Gasteiger charge is 2.23. The van der Waals surface area contributed by atoms with Crippen molar-refractivity contribution in [1.29, 1.82) is 0 Å². The monoisotopic (exact) mass is 428 g/mol. The number of carboxylic acids is 1. The van der Waals surface area contributed by atoms with Crippen LogP contribution in [-0.4, -0.2) is 25.4 Å². The molecule has 0 aliphatic heterocycles. The van der Waals surface area contributed by atoms with Gasteiger partial charge in [0.15, 0.2) is 0 Å². The number of aryl methyl sites for hydroxylation is 1. The number of hydrogen-bond acceptors (Lipinski definition) is 5. The maximum absolute atomic E-state index is 13.0. The van der Waals surface area contributed by atoms with E-state index in [4.69, 9.17) is 4.42 Å². The summed E-state index contributed by atoms with van der Waals surface area (Å²) >= 11 is 0. The van der Waals surface area contributed by atoms with Crippen LogP contribution in [0.3, 0.4) is 0 Å². The minimum absolute atomic E-state index is 0.0761. The number of carbonyl (C=O) groups is 2. The molecule has 30 heavy (non-hydrogen) atoms. The van der Waals surface area contributed by atoms with Crippen molar-refractivity contribution < 1.29 is 27.5 Å². The van der Waals surface area contributed by atoms with E-state index in [2.05, 4.69) is 10.0 Å². The van der Waals surface area contributed by atoms with E-state index in [9.17, 15) is 23.1 Å². The van der Waals surface area contributed by atoms with Gasteiger partial charge in [-0.05, 0) is 61.4 Å². The highest BCUT2D eigenvalue weighted by Crippen LogP contribution is 2.25. The summed E-state index contributed by atoms with van der Waals surface area (Å²) in [4.78, 5) is 23.8. The molecule has 9 heteroatoms. The number of benzene rings is 2. The van der Waals surface area contributed by atoms with E-state index in [1.807, 2.05) is 0 Å². The summed E-state index contributed by atoms with van der Waals surface area (Å²) in [6.07, 6.45) is 1.49. The van der Waals surface area contributed by atoms with Crippen LogP contribution < -0.4 is 10.0 Å². The Balaban J connectivity index is 1.91. The van der Waals surface area contributed by atoms with Crippen LogP contribution in [0.1, 0.15) is 37.6 Å². The van der Waals surface area contributed by atoms with Gasteiger partial charge in [0.2, 0.25) is 0 Å². The Labute approximate surface area is 173 Å². The molecule has 1 amide bonds. The van der Waals surface area contributed by atoms with Crippen LogP contribution in [0, 0.1) is 13.8 Å². The first kappa shape index (κ1) is 21.1. The van der Waals surface area contributed by atoms with E-state index in [0.29, 0.717) is 16.9 Å². The van der Waals surface area contributed by atoms with Gasteiger partial charge in [0.1, 0.15) is 5.76 Å². The molecule has 0 unspecified atom stereocenters. The Morgan fingerprint density at radius 3 is 2.47 bits per heavy atom. The smallest absolute Gasteiger partial charge is 0.335 e. The van der Waals surface area contributed by atoms with Crippen LogP contribution >= 0.6 is 0 Å². The van der Waals surface area contributed by atoms with Gasteiger partial charge in [-0.3, -0.25) is 9.52 Å². The molecule has 3 N–H and O–H groups in total. The van der Waals surface area contributed by atoms with E-state index in [1.165, 1.54) is 24.5 Å². The Kier molecular flexibility index (Phi) is 5.93. The summed E-state index contributed by atoms with van der Waals surface area (Å²) in [5.41, 5.74) is 1.01. The van der Waals surface area contributed by atoms with Crippen LogP contribution in [0.2, 0.25) is 0 Å². The minimum atomic E-state index is -4.15. The second kappa shape index (κ2) is 8.42. The Hall–Kier alpha value is -3.59. The average molecular weight is 428 g/mol. The molecular formula is C21H20N2O6S. The average Bonchev–Trinajstić information content (AvgIpc) is 3.21. The van der Waals surface area contributed by atoms with E-state index < -0.39 is 21.9 Å². The zero-order chi connectivity index (χ0) is 21.9. The van der Waals surface area contributed by atoms with Crippen molar-refractivity contribution in [1.82, 2.24) is 5.32 Å². The predicted molar refractivity (Wildman–Crippen MR) is 110 cm³/mol.